The van der Waals surface area contributed by atoms with Gasteiger partial charge >= 0.3 is 12.4 Å². The Kier molecular flexibility index (Phi) is 5.71. The summed E-state index contributed by atoms with van der Waals surface area (Å²) >= 11 is -0.317. The highest BCUT2D eigenvalue weighted by molar-refractivity contribution is 7.92. The molecule has 4 rings (SSSR count). The summed E-state index contributed by atoms with van der Waals surface area (Å²) in [5.74, 6) is -1.37. The second-order valence-electron chi connectivity index (χ2n) is 6.77. The Labute approximate surface area is 189 Å². The average molecular weight is 505 g/mol. The quantitative estimate of drug-likeness (QED) is 0.397. The first-order valence-electron chi connectivity index (χ1n) is 9.01. The first-order valence-corrected chi connectivity index (χ1v) is 9.68. The third-order valence-corrected chi connectivity index (χ3v) is 5.05. The molecular formula is C18H10F7N7OS. The maximum absolute atomic E-state index is 14.1. The van der Waals surface area contributed by atoms with Gasteiger partial charge in [-0.15, -0.1) is 3.89 Å². The number of carbonyl (C=O) groups excluding carboxylic acids is 1. The summed E-state index contributed by atoms with van der Waals surface area (Å²) in [6, 6.07) is 1.47. The Morgan fingerprint density at radius 1 is 1.12 bits per heavy atom. The molecule has 0 aliphatic rings. The van der Waals surface area contributed by atoms with E-state index in [2.05, 4.69) is 20.1 Å². The van der Waals surface area contributed by atoms with Crippen LogP contribution in [0.3, 0.4) is 0 Å². The zero-order valence-corrected chi connectivity index (χ0v) is 17.4. The van der Waals surface area contributed by atoms with Gasteiger partial charge in [-0.05, 0) is 12.1 Å². The van der Waals surface area contributed by atoms with Crippen molar-refractivity contribution in [3.8, 4) is 11.3 Å². The lowest BCUT2D eigenvalue weighted by molar-refractivity contribution is -0.141. The molecule has 0 unspecified atom stereocenters. The molecule has 0 spiro atoms. The summed E-state index contributed by atoms with van der Waals surface area (Å²) in [7, 11) is 1.06. The molecule has 8 nitrogen and oxygen atoms in total. The van der Waals surface area contributed by atoms with Gasteiger partial charge in [0.15, 0.2) is 18.0 Å². The number of carbonyl (C=O) groups is 1. The molecule has 4 heterocycles. The fourth-order valence-corrected chi connectivity index (χ4v) is 3.63. The van der Waals surface area contributed by atoms with Crippen molar-refractivity contribution >= 4 is 35.0 Å². The maximum Gasteiger partial charge on any atom is 0.433 e. The van der Waals surface area contributed by atoms with Crippen LogP contribution in [0.4, 0.5) is 35.9 Å². The number of fused-ring (bicyclic) bond motifs is 1. The molecule has 0 saturated heterocycles. The Hall–Kier alpha value is -3.69. The van der Waals surface area contributed by atoms with Crippen molar-refractivity contribution in [3.05, 3.63) is 54.0 Å². The number of rotatable bonds is 4. The number of halogens is 7. The van der Waals surface area contributed by atoms with E-state index in [9.17, 15) is 35.0 Å². The van der Waals surface area contributed by atoms with E-state index < -0.39 is 46.6 Å². The summed E-state index contributed by atoms with van der Waals surface area (Å²) in [5.41, 5.74) is -5.16. The molecule has 0 saturated carbocycles. The summed E-state index contributed by atoms with van der Waals surface area (Å²) < 4.78 is 95.8. The lowest BCUT2D eigenvalue weighted by Crippen LogP contribution is -2.21. The van der Waals surface area contributed by atoms with E-state index >= 15 is 0 Å². The summed E-state index contributed by atoms with van der Waals surface area (Å²) in [4.78, 5) is 23.5. The minimum absolute atomic E-state index is 0.0289. The molecule has 0 atom stereocenters. The number of amides is 1. The number of nitrogens with one attached hydrogen (secondary N) is 1. The van der Waals surface area contributed by atoms with Crippen LogP contribution in [0, 0.1) is 0 Å². The van der Waals surface area contributed by atoms with E-state index in [1.54, 1.807) is 0 Å². The molecule has 0 radical (unpaired) electrons. The van der Waals surface area contributed by atoms with Gasteiger partial charge < -0.3 is 5.32 Å². The number of alkyl halides is 6. The first kappa shape index (κ1) is 23.5. The zero-order valence-electron chi connectivity index (χ0n) is 16.6. The van der Waals surface area contributed by atoms with Crippen molar-refractivity contribution in [2.75, 3.05) is 5.32 Å². The van der Waals surface area contributed by atoms with Crippen molar-refractivity contribution in [1.82, 2.24) is 28.7 Å². The van der Waals surface area contributed by atoms with Crippen LogP contribution >= 0.6 is 12.3 Å². The Balaban J connectivity index is 1.84. The molecule has 0 aromatic carbocycles. The molecule has 4 aromatic rings. The topological polar surface area (TPSA) is 90.5 Å². The van der Waals surface area contributed by atoms with Gasteiger partial charge in [0.1, 0.15) is 29.0 Å². The van der Waals surface area contributed by atoms with Crippen LogP contribution in [0.2, 0.25) is 0 Å². The molecule has 1 N–H and O–H groups in total. The molecular weight excluding hydrogens is 495 g/mol. The molecule has 0 bridgehead atoms. The summed E-state index contributed by atoms with van der Waals surface area (Å²) in [6.07, 6.45) is -5.94. The fraction of sp³-hybridized carbons (Fsp3) is 0.167. The monoisotopic (exact) mass is 505 g/mol. The van der Waals surface area contributed by atoms with Crippen molar-refractivity contribution in [1.29, 1.82) is 0 Å². The number of hydrogen-bond acceptors (Lipinski definition) is 6. The fourth-order valence-electron chi connectivity index (χ4n) is 3.27. The number of aryl methyl sites for hydroxylation is 1. The van der Waals surface area contributed by atoms with Crippen molar-refractivity contribution < 1.29 is 35.0 Å². The molecule has 0 fully saturated rings. The summed E-state index contributed by atoms with van der Waals surface area (Å²) in [6.45, 7) is 0. The average Bonchev–Trinajstić information content (AvgIpc) is 3.31. The van der Waals surface area contributed by atoms with Crippen LogP contribution < -0.4 is 5.32 Å². The zero-order chi connectivity index (χ0) is 24.8. The van der Waals surface area contributed by atoms with E-state index in [4.69, 9.17) is 0 Å². The Morgan fingerprint density at radius 2 is 1.85 bits per heavy atom. The Morgan fingerprint density at radius 3 is 2.50 bits per heavy atom. The predicted molar refractivity (Wildman–Crippen MR) is 106 cm³/mol. The van der Waals surface area contributed by atoms with Gasteiger partial charge in [-0.2, -0.15) is 31.4 Å². The van der Waals surface area contributed by atoms with Crippen LogP contribution in [0.1, 0.15) is 21.7 Å². The third kappa shape index (κ3) is 4.15. The molecule has 1 amide bonds. The van der Waals surface area contributed by atoms with E-state index in [0.29, 0.717) is 10.7 Å². The minimum Gasteiger partial charge on any atom is -0.321 e. The second kappa shape index (κ2) is 8.27. The first-order chi connectivity index (χ1) is 15.9. The molecule has 178 valence electrons. The Bertz CT molecular complexity index is 1390. The number of hydrogen-bond donors (Lipinski definition) is 1. The standard InChI is InChI=1S/C18H10F7N7OS/c1-31-14(16(33)29-8-2-3-27-11(4-8)17(19,20)21)12(18(22,23)24)13(30-31)10-6-32(34-25)15-9(10)5-26-7-28-15/h2-7H,1H3,(H,27,29,33). The van der Waals surface area contributed by atoms with Gasteiger partial charge in [0.25, 0.3) is 5.91 Å². The molecule has 16 heteroatoms. The van der Waals surface area contributed by atoms with E-state index in [1.165, 1.54) is 0 Å². The highest BCUT2D eigenvalue weighted by Gasteiger charge is 2.43. The predicted octanol–water partition coefficient (Wildman–Crippen LogP) is 4.90. The summed E-state index contributed by atoms with van der Waals surface area (Å²) in [5, 5.41) is 5.85. The normalized spacial score (nSPS) is 12.4. The number of anilines is 1. The van der Waals surface area contributed by atoms with Crippen LogP contribution in [-0.2, 0) is 19.4 Å². The van der Waals surface area contributed by atoms with Crippen molar-refractivity contribution in [2.24, 2.45) is 7.05 Å². The third-order valence-electron chi connectivity index (χ3n) is 4.62. The van der Waals surface area contributed by atoms with Gasteiger partial charge in [-0.25, -0.2) is 13.9 Å². The molecule has 0 aliphatic carbocycles. The van der Waals surface area contributed by atoms with Gasteiger partial charge in [-0.3, -0.25) is 14.5 Å². The highest BCUT2D eigenvalue weighted by Crippen LogP contribution is 2.42. The maximum atomic E-state index is 14.1. The van der Waals surface area contributed by atoms with E-state index in [0.717, 1.165) is 42.0 Å². The van der Waals surface area contributed by atoms with E-state index in [-0.39, 0.29) is 28.9 Å². The van der Waals surface area contributed by atoms with Gasteiger partial charge in [-0.1, -0.05) is 0 Å². The largest absolute Gasteiger partial charge is 0.433 e. The van der Waals surface area contributed by atoms with Crippen LogP contribution in [0.5, 0.6) is 0 Å². The van der Waals surface area contributed by atoms with Crippen LogP contribution in [0.15, 0.2) is 37.1 Å². The highest BCUT2D eigenvalue weighted by atomic mass is 32.2. The second-order valence-corrected chi connectivity index (χ2v) is 7.30. The van der Waals surface area contributed by atoms with Gasteiger partial charge in [0.2, 0.25) is 0 Å². The lowest BCUT2D eigenvalue weighted by atomic mass is 10.1. The smallest absolute Gasteiger partial charge is 0.321 e. The molecule has 4 aromatic heterocycles. The molecule has 34 heavy (non-hydrogen) atoms. The lowest BCUT2D eigenvalue weighted by Gasteiger charge is -2.12. The number of aromatic nitrogens is 6. The van der Waals surface area contributed by atoms with Gasteiger partial charge in [0, 0.05) is 42.3 Å². The van der Waals surface area contributed by atoms with Crippen LogP contribution in [-0.4, -0.2) is 34.6 Å². The van der Waals surface area contributed by atoms with Crippen molar-refractivity contribution in [3.63, 3.8) is 0 Å². The van der Waals surface area contributed by atoms with Gasteiger partial charge in [0.05, 0.1) is 0 Å². The number of nitrogens with zero attached hydrogens (tertiary/aromatic N) is 6. The van der Waals surface area contributed by atoms with Crippen LogP contribution in [0.25, 0.3) is 22.3 Å². The number of pyridine rings is 1. The molecule has 0 aliphatic heterocycles. The SMILES string of the molecule is Cn1nc(-c2cn(SF)c3ncncc23)c(C(F)(F)F)c1C(=O)Nc1ccnc(C(F)(F)F)c1. The van der Waals surface area contributed by atoms with E-state index in [1.807, 2.05) is 5.32 Å². The minimum atomic E-state index is -5.11. The van der Waals surface area contributed by atoms with Crippen molar-refractivity contribution in [2.45, 2.75) is 12.4 Å².